The standard InChI is InChI=1S/C25H23BrF2N6O/c1-25(27,28)24(35)33-11-9-16(10-12-33)21-20(26)22(29)34-23(32-21)18(14-31-34)17-7-8-19(30-13-17)15-5-3-2-4-6-15/h2-8,13-14,16H,9-12,29H2,1H3. The van der Waals surface area contributed by atoms with E-state index in [1.807, 2.05) is 42.5 Å². The fourth-order valence-corrected chi connectivity index (χ4v) is 5.03. The minimum absolute atomic E-state index is 0.0347. The minimum atomic E-state index is -3.37. The van der Waals surface area contributed by atoms with Crippen molar-refractivity contribution in [2.45, 2.75) is 31.6 Å². The number of nitrogens with two attached hydrogens (primary N) is 1. The van der Waals surface area contributed by atoms with E-state index in [-0.39, 0.29) is 19.0 Å². The average molecular weight is 541 g/mol. The van der Waals surface area contributed by atoms with Crippen LogP contribution in [0.4, 0.5) is 14.6 Å². The first kappa shape index (κ1) is 23.3. The molecule has 7 nitrogen and oxygen atoms in total. The Hall–Kier alpha value is -3.40. The van der Waals surface area contributed by atoms with Crippen molar-refractivity contribution >= 4 is 33.3 Å². The molecule has 1 aliphatic rings. The fraction of sp³-hybridized carbons (Fsp3) is 0.280. The smallest absolute Gasteiger partial charge is 0.322 e. The maximum absolute atomic E-state index is 13.5. The van der Waals surface area contributed by atoms with E-state index in [2.05, 4.69) is 26.0 Å². The Morgan fingerprint density at radius 1 is 1.09 bits per heavy atom. The van der Waals surface area contributed by atoms with Crippen molar-refractivity contribution < 1.29 is 13.6 Å². The maximum Gasteiger partial charge on any atom is 0.322 e. The predicted octanol–water partition coefficient (Wildman–Crippen LogP) is 5.16. The number of hydrogen-bond acceptors (Lipinski definition) is 5. The summed E-state index contributed by atoms with van der Waals surface area (Å²) in [6.45, 7) is 1.11. The maximum atomic E-state index is 13.5. The van der Waals surface area contributed by atoms with Gasteiger partial charge >= 0.3 is 5.92 Å². The fourth-order valence-electron chi connectivity index (χ4n) is 4.45. The van der Waals surface area contributed by atoms with E-state index in [0.29, 0.717) is 35.7 Å². The van der Waals surface area contributed by atoms with Crippen molar-refractivity contribution in [1.82, 2.24) is 24.5 Å². The molecular formula is C25H23BrF2N6O. The summed E-state index contributed by atoms with van der Waals surface area (Å²) < 4.78 is 29.1. The van der Waals surface area contributed by atoms with Crippen LogP contribution in [-0.2, 0) is 4.79 Å². The number of carbonyl (C=O) groups is 1. The summed E-state index contributed by atoms with van der Waals surface area (Å²) in [4.78, 5) is 22.7. The quantitative estimate of drug-likeness (QED) is 0.386. The van der Waals surface area contributed by atoms with Gasteiger partial charge in [0.1, 0.15) is 5.82 Å². The Bertz CT molecular complexity index is 1380. The van der Waals surface area contributed by atoms with Gasteiger partial charge in [0.05, 0.1) is 22.1 Å². The molecule has 180 valence electrons. The highest BCUT2D eigenvalue weighted by Gasteiger charge is 2.38. The van der Waals surface area contributed by atoms with Crippen molar-refractivity contribution in [3.63, 3.8) is 0 Å². The van der Waals surface area contributed by atoms with Crippen LogP contribution in [0.5, 0.6) is 0 Å². The molecule has 10 heteroatoms. The summed E-state index contributed by atoms with van der Waals surface area (Å²) in [6, 6.07) is 13.8. The molecule has 1 aromatic carbocycles. The van der Waals surface area contributed by atoms with Gasteiger partial charge < -0.3 is 10.6 Å². The van der Waals surface area contributed by atoms with E-state index >= 15 is 0 Å². The molecule has 0 atom stereocenters. The first-order valence-electron chi connectivity index (χ1n) is 11.3. The topological polar surface area (TPSA) is 89.4 Å². The van der Waals surface area contributed by atoms with Crippen LogP contribution < -0.4 is 5.73 Å². The third-order valence-electron chi connectivity index (χ3n) is 6.34. The van der Waals surface area contributed by atoms with Crippen LogP contribution in [0, 0.1) is 0 Å². The van der Waals surface area contributed by atoms with Crippen LogP contribution in [-0.4, -0.2) is 49.4 Å². The number of piperidine rings is 1. The number of pyridine rings is 1. The van der Waals surface area contributed by atoms with Crippen molar-refractivity contribution in [2.75, 3.05) is 18.8 Å². The predicted molar refractivity (Wildman–Crippen MR) is 133 cm³/mol. The van der Waals surface area contributed by atoms with Gasteiger partial charge in [-0.1, -0.05) is 36.4 Å². The van der Waals surface area contributed by atoms with E-state index < -0.39 is 11.8 Å². The van der Waals surface area contributed by atoms with E-state index in [0.717, 1.165) is 28.1 Å². The molecule has 4 aromatic rings. The normalized spacial score (nSPS) is 15.0. The minimum Gasteiger partial charge on any atom is -0.383 e. The molecule has 0 aliphatic carbocycles. The van der Waals surface area contributed by atoms with Crippen LogP contribution in [0.2, 0.25) is 0 Å². The Morgan fingerprint density at radius 3 is 2.43 bits per heavy atom. The van der Waals surface area contributed by atoms with Crippen molar-refractivity contribution in [3.8, 4) is 22.4 Å². The third kappa shape index (κ3) is 4.38. The summed E-state index contributed by atoms with van der Waals surface area (Å²) in [5, 5.41) is 4.42. The highest BCUT2D eigenvalue weighted by Crippen LogP contribution is 2.37. The number of fused-ring (bicyclic) bond motifs is 1. The monoisotopic (exact) mass is 540 g/mol. The molecule has 4 heterocycles. The largest absolute Gasteiger partial charge is 0.383 e. The van der Waals surface area contributed by atoms with Gasteiger partial charge in [0.25, 0.3) is 5.91 Å². The van der Waals surface area contributed by atoms with Crippen LogP contribution in [0.25, 0.3) is 28.0 Å². The summed E-state index contributed by atoms with van der Waals surface area (Å²) in [5.74, 6) is -4.13. The number of carbonyl (C=O) groups excluding carboxylic acids is 1. The first-order valence-corrected chi connectivity index (χ1v) is 12.0. The third-order valence-corrected chi connectivity index (χ3v) is 7.15. The van der Waals surface area contributed by atoms with Crippen molar-refractivity contribution in [3.05, 3.63) is 65.0 Å². The molecule has 3 aromatic heterocycles. The molecule has 1 fully saturated rings. The molecule has 35 heavy (non-hydrogen) atoms. The van der Waals surface area contributed by atoms with E-state index in [9.17, 15) is 13.6 Å². The van der Waals surface area contributed by atoms with E-state index in [4.69, 9.17) is 10.7 Å². The summed E-state index contributed by atoms with van der Waals surface area (Å²) in [6.07, 6.45) is 4.52. The van der Waals surface area contributed by atoms with Gasteiger partial charge in [-0.3, -0.25) is 9.78 Å². The molecule has 0 radical (unpaired) electrons. The second-order valence-electron chi connectivity index (χ2n) is 8.74. The molecule has 1 aliphatic heterocycles. The lowest BCUT2D eigenvalue weighted by Crippen LogP contribution is -2.45. The Balaban J connectivity index is 1.45. The number of hydrogen-bond donors (Lipinski definition) is 1. The Morgan fingerprint density at radius 2 is 1.80 bits per heavy atom. The Kier molecular flexibility index (Phi) is 6.00. The SMILES string of the molecule is CC(F)(F)C(=O)N1CCC(c2nc3c(-c4ccc(-c5ccccc5)nc4)cnn3c(N)c2Br)CC1. The van der Waals surface area contributed by atoms with Gasteiger partial charge in [0, 0.05) is 48.8 Å². The molecule has 5 rings (SSSR count). The number of likely N-dealkylation sites (tertiary alicyclic amines) is 1. The van der Waals surface area contributed by atoms with Crippen molar-refractivity contribution in [2.24, 2.45) is 0 Å². The van der Waals surface area contributed by atoms with Crippen LogP contribution in [0.3, 0.4) is 0 Å². The number of nitrogens with zero attached hydrogens (tertiary/aromatic N) is 5. The number of amides is 1. The number of rotatable bonds is 4. The molecule has 1 saturated heterocycles. The van der Waals surface area contributed by atoms with Gasteiger partial charge in [-0.15, -0.1) is 0 Å². The summed E-state index contributed by atoms with van der Waals surface area (Å²) in [5.41, 5.74) is 11.2. The number of benzene rings is 1. The van der Waals surface area contributed by atoms with Crippen LogP contribution in [0.15, 0.2) is 59.3 Å². The van der Waals surface area contributed by atoms with Gasteiger partial charge in [0.2, 0.25) is 0 Å². The molecule has 0 bridgehead atoms. The highest BCUT2D eigenvalue weighted by molar-refractivity contribution is 9.10. The molecule has 0 unspecified atom stereocenters. The van der Waals surface area contributed by atoms with Crippen LogP contribution >= 0.6 is 15.9 Å². The lowest BCUT2D eigenvalue weighted by Gasteiger charge is -2.33. The molecular weight excluding hydrogens is 518 g/mol. The van der Waals surface area contributed by atoms with Gasteiger partial charge in [-0.2, -0.15) is 18.4 Å². The van der Waals surface area contributed by atoms with Crippen molar-refractivity contribution in [1.29, 1.82) is 0 Å². The van der Waals surface area contributed by atoms with Gasteiger partial charge in [-0.25, -0.2) is 4.98 Å². The number of aromatic nitrogens is 4. The zero-order valence-electron chi connectivity index (χ0n) is 19.0. The molecule has 1 amide bonds. The molecule has 0 spiro atoms. The second kappa shape index (κ2) is 8.99. The van der Waals surface area contributed by atoms with E-state index in [1.165, 1.54) is 4.90 Å². The summed E-state index contributed by atoms with van der Waals surface area (Å²) >= 11 is 3.55. The first-order chi connectivity index (χ1) is 16.7. The highest BCUT2D eigenvalue weighted by atomic mass is 79.9. The zero-order chi connectivity index (χ0) is 24.7. The number of anilines is 1. The lowest BCUT2D eigenvalue weighted by molar-refractivity contribution is -0.156. The second-order valence-corrected chi connectivity index (χ2v) is 9.54. The molecule has 0 saturated carbocycles. The number of nitrogen functional groups attached to an aromatic ring is 1. The average Bonchev–Trinajstić information content (AvgIpc) is 3.30. The zero-order valence-corrected chi connectivity index (χ0v) is 20.5. The molecule has 2 N–H and O–H groups in total. The van der Waals surface area contributed by atoms with Gasteiger partial charge in [0.15, 0.2) is 5.65 Å². The number of halogens is 3. The van der Waals surface area contributed by atoms with Crippen LogP contribution in [0.1, 0.15) is 31.4 Å². The number of alkyl halides is 2. The van der Waals surface area contributed by atoms with Gasteiger partial charge in [-0.05, 0) is 34.8 Å². The van der Waals surface area contributed by atoms with E-state index in [1.54, 1.807) is 16.9 Å². The Labute approximate surface area is 209 Å². The summed E-state index contributed by atoms with van der Waals surface area (Å²) in [7, 11) is 0. The lowest BCUT2D eigenvalue weighted by atomic mass is 9.92.